The van der Waals surface area contributed by atoms with Gasteiger partial charge in [-0.2, -0.15) is 5.26 Å². The normalized spacial score (nSPS) is 9.25. The van der Waals surface area contributed by atoms with Gasteiger partial charge < -0.3 is 10.6 Å². The molecule has 0 aliphatic heterocycles. The van der Waals surface area contributed by atoms with Gasteiger partial charge in [0.25, 0.3) is 0 Å². The van der Waals surface area contributed by atoms with E-state index in [2.05, 4.69) is 15.6 Å². The summed E-state index contributed by atoms with van der Waals surface area (Å²) in [5.74, 6) is 0.620. The maximum atomic E-state index is 11.1. The van der Waals surface area contributed by atoms with Gasteiger partial charge in [-0.3, -0.25) is 4.79 Å². The molecule has 2 N–H and O–H groups in total. The minimum absolute atomic E-state index is 0.00596. The average Bonchev–Trinajstić information content (AvgIpc) is 2.30. The number of hydrogen-bond donors (Lipinski definition) is 2. The minimum atomic E-state index is 0.00596. The second kappa shape index (κ2) is 6.40. The first-order chi connectivity index (χ1) is 7.76. The number of amides is 1. The van der Waals surface area contributed by atoms with Gasteiger partial charge in [0.15, 0.2) is 0 Å². The van der Waals surface area contributed by atoms with Crippen molar-refractivity contribution in [3.63, 3.8) is 0 Å². The summed E-state index contributed by atoms with van der Waals surface area (Å²) in [6.45, 7) is 3.03. The summed E-state index contributed by atoms with van der Waals surface area (Å²) in [4.78, 5) is 15.2. The standard InChI is InChI=1S/C11H14N4O/c1-2-13-11(16)6-7-14-10-5-3-4-9(8-12)15-10/h3-5H,2,6-7H2,1H3,(H,13,16)(H,14,15). The van der Waals surface area contributed by atoms with Crippen molar-refractivity contribution in [1.29, 1.82) is 5.26 Å². The summed E-state index contributed by atoms with van der Waals surface area (Å²) in [6, 6.07) is 7.10. The van der Waals surface area contributed by atoms with Crippen LogP contribution in [0.25, 0.3) is 0 Å². The predicted octanol–water partition coefficient (Wildman–Crippen LogP) is 0.891. The highest BCUT2D eigenvalue weighted by molar-refractivity contribution is 5.76. The zero-order valence-electron chi connectivity index (χ0n) is 9.16. The Morgan fingerprint density at radius 2 is 2.38 bits per heavy atom. The van der Waals surface area contributed by atoms with Gasteiger partial charge in [0.05, 0.1) is 0 Å². The van der Waals surface area contributed by atoms with E-state index in [1.54, 1.807) is 18.2 Å². The summed E-state index contributed by atoms with van der Waals surface area (Å²) in [5, 5.41) is 14.3. The van der Waals surface area contributed by atoms with Gasteiger partial charge in [-0.1, -0.05) is 6.07 Å². The highest BCUT2D eigenvalue weighted by Gasteiger charge is 2.00. The van der Waals surface area contributed by atoms with Crippen LogP contribution in [0.15, 0.2) is 18.2 Å². The molecule has 0 aliphatic carbocycles. The Morgan fingerprint density at radius 3 is 3.06 bits per heavy atom. The van der Waals surface area contributed by atoms with Gasteiger partial charge in [-0.15, -0.1) is 0 Å². The molecule has 5 nitrogen and oxygen atoms in total. The van der Waals surface area contributed by atoms with E-state index in [1.807, 2.05) is 13.0 Å². The number of carbonyl (C=O) groups excluding carboxylic acids is 1. The molecular formula is C11H14N4O. The van der Waals surface area contributed by atoms with Crippen molar-refractivity contribution < 1.29 is 4.79 Å². The highest BCUT2D eigenvalue weighted by Crippen LogP contribution is 2.03. The fraction of sp³-hybridized carbons (Fsp3) is 0.364. The van der Waals surface area contributed by atoms with E-state index in [4.69, 9.17) is 5.26 Å². The van der Waals surface area contributed by atoms with Gasteiger partial charge in [0.2, 0.25) is 5.91 Å². The number of hydrogen-bond acceptors (Lipinski definition) is 4. The highest BCUT2D eigenvalue weighted by atomic mass is 16.1. The molecule has 1 rings (SSSR count). The van der Waals surface area contributed by atoms with Crippen LogP contribution in [0.5, 0.6) is 0 Å². The molecule has 0 unspecified atom stereocenters. The second-order valence-corrected chi connectivity index (χ2v) is 3.15. The SMILES string of the molecule is CCNC(=O)CCNc1cccc(C#N)n1. The van der Waals surface area contributed by atoms with Crippen molar-refractivity contribution in [2.45, 2.75) is 13.3 Å². The molecule has 0 saturated heterocycles. The van der Waals surface area contributed by atoms with Crippen molar-refractivity contribution in [2.75, 3.05) is 18.4 Å². The molecule has 0 fully saturated rings. The Kier molecular flexibility index (Phi) is 4.80. The first-order valence-electron chi connectivity index (χ1n) is 5.14. The smallest absolute Gasteiger partial charge is 0.221 e. The van der Waals surface area contributed by atoms with Gasteiger partial charge in [0, 0.05) is 19.5 Å². The lowest BCUT2D eigenvalue weighted by Gasteiger charge is -2.05. The Morgan fingerprint density at radius 1 is 1.56 bits per heavy atom. The summed E-state index contributed by atoms with van der Waals surface area (Å²) in [6.07, 6.45) is 0.395. The van der Waals surface area contributed by atoms with Crippen molar-refractivity contribution in [3.8, 4) is 6.07 Å². The molecule has 5 heteroatoms. The number of anilines is 1. The van der Waals surface area contributed by atoms with Crippen LogP contribution in [0.1, 0.15) is 19.0 Å². The van der Waals surface area contributed by atoms with Crippen LogP contribution in [0.3, 0.4) is 0 Å². The van der Waals surface area contributed by atoms with Gasteiger partial charge in [-0.25, -0.2) is 4.98 Å². The third kappa shape index (κ3) is 3.96. The van der Waals surface area contributed by atoms with Crippen molar-refractivity contribution in [3.05, 3.63) is 23.9 Å². The number of pyridine rings is 1. The summed E-state index contributed by atoms with van der Waals surface area (Å²) in [7, 11) is 0. The number of rotatable bonds is 5. The van der Waals surface area contributed by atoms with Crippen LogP contribution >= 0.6 is 0 Å². The first-order valence-corrected chi connectivity index (χ1v) is 5.14. The van der Waals surface area contributed by atoms with Gasteiger partial charge >= 0.3 is 0 Å². The quantitative estimate of drug-likeness (QED) is 0.769. The fourth-order valence-corrected chi connectivity index (χ4v) is 1.19. The predicted molar refractivity (Wildman–Crippen MR) is 60.7 cm³/mol. The largest absolute Gasteiger partial charge is 0.370 e. The van der Waals surface area contributed by atoms with E-state index in [1.165, 1.54) is 0 Å². The number of carbonyl (C=O) groups is 1. The molecule has 0 aromatic carbocycles. The van der Waals surface area contributed by atoms with Crippen LogP contribution in [0, 0.1) is 11.3 Å². The second-order valence-electron chi connectivity index (χ2n) is 3.15. The maximum Gasteiger partial charge on any atom is 0.221 e. The third-order valence-electron chi connectivity index (χ3n) is 1.90. The molecule has 1 aromatic heterocycles. The van der Waals surface area contributed by atoms with E-state index in [0.717, 1.165) is 0 Å². The molecular weight excluding hydrogens is 204 g/mol. The van der Waals surface area contributed by atoms with Crippen LogP contribution in [-0.2, 0) is 4.79 Å². The van der Waals surface area contributed by atoms with E-state index < -0.39 is 0 Å². The zero-order chi connectivity index (χ0) is 11.8. The fourth-order valence-electron chi connectivity index (χ4n) is 1.19. The number of nitrogens with zero attached hydrogens (tertiary/aromatic N) is 2. The topological polar surface area (TPSA) is 77.8 Å². The molecule has 0 spiro atoms. The van der Waals surface area contributed by atoms with Crippen molar-refractivity contribution in [1.82, 2.24) is 10.3 Å². The average molecular weight is 218 g/mol. The lowest BCUT2D eigenvalue weighted by Crippen LogP contribution is -2.24. The van der Waals surface area contributed by atoms with Crippen LogP contribution in [0.4, 0.5) is 5.82 Å². The van der Waals surface area contributed by atoms with Crippen LogP contribution in [0.2, 0.25) is 0 Å². The number of aromatic nitrogens is 1. The third-order valence-corrected chi connectivity index (χ3v) is 1.90. The first kappa shape index (κ1) is 12.0. The van der Waals surface area contributed by atoms with E-state index >= 15 is 0 Å². The lowest BCUT2D eigenvalue weighted by molar-refractivity contribution is -0.120. The molecule has 1 heterocycles. The summed E-state index contributed by atoms with van der Waals surface area (Å²) >= 11 is 0. The van der Waals surface area contributed by atoms with Gasteiger partial charge in [0.1, 0.15) is 17.6 Å². The van der Waals surface area contributed by atoms with E-state index in [9.17, 15) is 4.79 Å². The maximum absolute atomic E-state index is 11.1. The Balaban J connectivity index is 2.37. The Labute approximate surface area is 94.5 Å². The molecule has 16 heavy (non-hydrogen) atoms. The lowest BCUT2D eigenvalue weighted by atomic mass is 10.3. The van der Waals surface area contributed by atoms with Gasteiger partial charge in [-0.05, 0) is 19.1 Å². The monoisotopic (exact) mass is 218 g/mol. The molecule has 0 saturated carbocycles. The van der Waals surface area contributed by atoms with Crippen LogP contribution in [-0.4, -0.2) is 24.0 Å². The zero-order valence-corrected chi connectivity index (χ0v) is 9.16. The molecule has 0 atom stereocenters. The Bertz CT molecular complexity index is 397. The molecule has 0 radical (unpaired) electrons. The van der Waals surface area contributed by atoms with Crippen molar-refractivity contribution in [2.24, 2.45) is 0 Å². The molecule has 1 aromatic rings. The number of nitriles is 1. The van der Waals surface area contributed by atoms with Crippen LogP contribution < -0.4 is 10.6 Å². The summed E-state index contributed by atoms with van der Waals surface area (Å²) in [5.41, 5.74) is 0.364. The molecule has 0 aliphatic rings. The van der Waals surface area contributed by atoms with E-state index in [-0.39, 0.29) is 5.91 Å². The molecule has 1 amide bonds. The van der Waals surface area contributed by atoms with Crippen molar-refractivity contribution >= 4 is 11.7 Å². The van der Waals surface area contributed by atoms with E-state index in [0.29, 0.717) is 31.0 Å². The molecule has 84 valence electrons. The minimum Gasteiger partial charge on any atom is -0.370 e. The summed E-state index contributed by atoms with van der Waals surface area (Å²) < 4.78 is 0. The Hall–Kier alpha value is -2.09. The molecule has 0 bridgehead atoms. The number of nitrogens with one attached hydrogen (secondary N) is 2.